The molecule has 0 aliphatic heterocycles. The van der Waals surface area contributed by atoms with Gasteiger partial charge < -0.3 is 16.2 Å². The third-order valence-electron chi connectivity index (χ3n) is 4.51. The molecule has 4 heteroatoms. The summed E-state index contributed by atoms with van der Waals surface area (Å²) in [5.74, 6) is 0. The normalized spacial score (nSPS) is 11.2. The molecule has 4 N–H and O–H groups in total. The molecular weight excluding hydrogens is 340 g/mol. The van der Waals surface area contributed by atoms with Gasteiger partial charge >= 0.3 is 0 Å². The average Bonchev–Trinajstić information content (AvgIpc) is 2.62. The second-order valence-corrected chi connectivity index (χ2v) is 6.92. The molecule has 0 unspecified atom stereocenters. The maximum Gasteiger partial charge on any atom is 0.168 e. The summed E-state index contributed by atoms with van der Waals surface area (Å²) in [5.41, 5.74) is 9.56. The largest absolute Gasteiger partial charge is 0.376 e. The van der Waals surface area contributed by atoms with Crippen molar-refractivity contribution >= 4 is 23.0 Å². The number of rotatable bonds is 4. The molecule has 3 rings (SSSR count). The summed E-state index contributed by atoms with van der Waals surface area (Å²) in [4.78, 5) is 0. The van der Waals surface area contributed by atoms with Crippen LogP contribution in [0.25, 0.3) is 0 Å². The first-order chi connectivity index (χ1) is 12.4. The molecule has 0 aromatic heterocycles. The van der Waals surface area contributed by atoms with Crippen LogP contribution in [0, 0.1) is 13.8 Å². The zero-order chi connectivity index (χ0) is 18.7. The standard InChI is InChI=1S/C22H22N2OS/c1-15-7-11-17(12-8-15)22(25,18-13-9-16(2)10-14-18)19-5-3-4-6-20(19)24-21(23)26/h3-14,25H,1-2H3,(H3,23,24,26). The van der Waals surface area contributed by atoms with E-state index in [2.05, 4.69) is 5.32 Å². The van der Waals surface area contributed by atoms with Crippen molar-refractivity contribution < 1.29 is 5.11 Å². The molecule has 132 valence electrons. The van der Waals surface area contributed by atoms with Crippen molar-refractivity contribution in [1.29, 1.82) is 0 Å². The molecule has 0 aliphatic carbocycles. The summed E-state index contributed by atoms with van der Waals surface area (Å²) < 4.78 is 0. The van der Waals surface area contributed by atoms with Crippen LogP contribution in [-0.2, 0) is 5.60 Å². The quantitative estimate of drug-likeness (QED) is 0.480. The van der Waals surface area contributed by atoms with E-state index < -0.39 is 5.60 Å². The van der Waals surface area contributed by atoms with Gasteiger partial charge in [-0.3, -0.25) is 0 Å². The molecule has 0 fully saturated rings. The topological polar surface area (TPSA) is 58.3 Å². The number of aliphatic hydroxyl groups is 1. The Labute approximate surface area is 159 Å². The van der Waals surface area contributed by atoms with Gasteiger partial charge in [0, 0.05) is 11.3 Å². The van der Waals surface area contributed by atoms with Crippen molar-refractivity contribution in [2.45, 2.75) is 19.4 Å². The number of hydrogen-bond donors (Lipinski definition) is 3. The Morgan fingerprint density at radius 3 is 1.77 bits per heavy atom. The highest BCUT2D eigenvalue weighted by molar-refractivity contribution is 7.80. The van der Waals surface area contributed by atoms with E-state index in [1.165, 1.54) is 0 Å². The molecule has 3 aromatic carbocycles. The molecule has 3 nitrogen and oxygen atoms in total. The second-order valence-electron chi connectivity index (χ2n) is 6.48. The summed E-state index contributed by atoms with van der Waals surface area (Å²) in [6, 6.07) is 23.3. The SMILES string of the molecule is Cc1ccc(C(O)(c2ccc(C)cc2)c2ccccc2NC(N)=S)cc1. The van der Waals surface area contributed by atoms with Crippen LogP contribution < -0.4 is 11.1 Å². The van der Waals surface area contributed by atoms with E-state index in [1.807, 2.05) is 86.6 Å². The Kier molecular flexibility index (Phi) is 5.07. The summed E-state index contributed by atoms with van der Waals surface area (Å²) in [5, 5.41) is 15.1. The van der Waals surface area contributed by atoms with Crippen molar-refractivity contribution in [3.63, 3.8) is 0 Å². The number of benzene rings is 3. The lowest BCUT2D eigenvalue weighted by molar-refractivity contribution is 0.126. The molecule has 0 spiro atoms. The maximum atomic E-state index is 12.0. The summed E-state index contributed by atoms with van der Waals surface area (Å²) in [6.45, 7) is 4.05. The van der Waals surface area contributed by atoms with Gasteiger partial charge in [-0.25, -0.2) is 0 Å². The molecule has 26 heavy (non-hydrogen) atoms. The van der Waals surface area contributed by atoms with Crippen molar-refractivity contribution in [2.75, 3.05) is 5.32 Å². The van der Waals surface area contributed by atoms with Crippen LogP contribution in [0.4, 0.5) is 5.69 Å². The smallest absolute Gasteiger partial charge is 0.168 e. The molecule has 3 aromatic rings. The number of para-hydroxylation sites is 1. The number of aryl methyl sites for hydroxylation is 2. The van der Waals surface area contributed by atoms with Crippen LogP contribution in [0.15, 0.2) is 72.8 Å². The Morgan fingerprint density at radius 2 is 1.31 bits per heavy atom. The van der Waals surface area contributed by atoms with E-state index in [4.69, 9.17) is 18.0 Å². The fourth-order valence-corrected chi connectivity index (χ4v) is 3.22. The van der Waals surface area contributed by atoms with Crippen LogP contribution in [0.5, 0.6) is 0 Å². The van der Waals surface area contributed by atoms with Gasteiger partial charge in [-0.2, -0.15) is 0 Å². The Balaban J connectivity index is 2.27. The van der Waals surface area contributed by atoms with Gasteiger partial charge in [0.15, 0.2) is 5.11 Å². The monoisotopic (exact) mass is 362 g/mol. The van der Waals surface area contributed by atoms with E-state index in [1.54, 1.807) is 0 Å². The van der Waals surface area contributed by atoms with Crippen molar-refractivity contribution in [3.8, 4) is 0 Å². The minimum Gasteiger partial charge on any atom is -0.376 e. The number of anilines is 1. The summed E-state index contributed by atoms with van der Waals surface area (Å²) in [6.07, 6.45) is 0. The van der Waals surface area contributed by atoms with E-state index in [0.29, 0.717) is 11.3 Å². The molecule has 0 radical (unpaired) electrons. The van der Waals surface area contributed by atoms with E-state index in [9.17, 15) is 5.11 Å². The van der Waals surface area contributed by atoms with Gasteiger partial charge in [0.2, 0.25) is 0 Å². The molecule has 0 atom stereocenters. The van der Waals surface area contributed by atoms with Crippen LogP contribution in [-0.4, -0.2) is 10.2 Å². The molecular formula is C22H22N2OS. The first-order valence-corrected chi connectivity index (χ1v) is 8.84. The molecule has 0 amide bonds. The van der Waals surface area contributed by atoms with Gasteiger partial charge in [0.05, 0.1) is 0 Å². The van der Waals surface area contributed by atoms with Crippen molar-refractivity contribution in [2.24, 2.45) is 5.73 Å². The maximum absolute atomic E-state index is 12.0. The van der Waals surface area contributed by atoms with E-state index in [-0.39, 0.29) is 5.11 Å². The molecule has 0 saturated carbocycles. The second kappa shape index (κ2) is 7.28. The summed E-state index contributed by atoms with van der Waals surface area (Å²) >= 11 is 5.01. The lowest BCUT2D eigenvalue weighted by atomic mass is 9.79. The fourth-order valence-electron chi connectivity index (χ4n) is 3.11. The third-order valence-corrected chi connectivity index (χ3v) is 4.62. The highest BCUT2D eigenvalue weighted by atomic mass is 32.1. The Hall–Kier alpha value is -2.69. The minimum absolute atomic E-state index is 0.160. The highest BCUT2D eigenvalue weighted by Gasteiger charge is 2.35. The molecule has 0 saturated heterocycles. The predicted molar refractivity (Wildman–Crippen MR) is 111 cm³/mol. The lowest BCUT2D eigenvalue weighted by Gasteiger charge is -2.32. The fraction of sp³-hybridized carbons (Fsp3) is 0.136. The van der Waals surface area contributed by atoms with Gasteiger partial charge in [0.25, 0.3) is 0 Å². The molecule has 0 bridgehead atoms. The Bertz CT molecular complexity index is 872. The van der Waals surface area contributed by atoms with E-state index in [0.717, 1.165) is 22.3 Å². The van der Waals surface area contributed by atoms with Crippen LogP contribution in [0.2, 0.25) is 0 Å². The van der Waals surface area contributed by atoms with Crippen LogP contribution in [0.3, 0.4) is 0 Å². The summed E-state index contributed by atoms with van der Waals surface area (Å²) in [7, 11) is 0. The van der Waals surface area contributed by atoms with Gasteiger partial charge in [-0.05, 0) is 43.3 Å². The number of thiocarbonyl (C=S) groups is 1. The number of hydrogen-bond acceptors (Lipinski definition) is 2. The average molecular weight is 362 g/mol. The van der Waals surface area contributed by atoms with Crippen LogP contribution >= 0.6 is 12.2 Å². The zero-order valence-electron chi connectivity index (χ0n) is 14.9. The zero-order valence-corrected chi connectivity index (χ0v) is 15.7. The van der Waals surface area contributed by atoms with Gasteiger partial charge in [-0.15, -0.1) is 0 Å². The number of nitrogens with one attached hydrogen (secondary N) is 1. The minimum atomic E-state index is -1.34. The first kappa shape index (κ1) is 18.1. The third kappa shape index (κ3) is 3.47. The van der Waals surface area contributed by atoms with E-state index >= 15 is 0 Å². The van der Waals surface area contributed by atoms with Gasteiger partial charge in [-0.1, -0.05) is 77.9 Å². The van der Waals surface area contributed by atoms with Crippen molar-refractivity contribution in [3.05, 3.63) is 101 Å². The van der Waals surface area contributed by atoms with Crippen LogP contribution in [0.1, 0.15) is 27.8 Å². The van der Waals surface area contributed by atoms with Gasteiger partial charge in [0.1, 0.15) is 5.60 Å². The number of nitrogens with two attached hydrogens (primary N) is 1. The first-order valence-electron chi connectivity index (χ1n) is 8.44. The lowest BCUT2D eigenvalue weighted by Crippen LogP contribution is -2.31. The predicted octanol–water partition coefficient (Wildman–Crippen LogP) is 4.24. The molecule has 0 heterocycles. The van der Waals surface area contributed by atoms with Crippen molar-refractivity contribution in [1.82, 2.24) is 0 Å². The Morgan fingerprint density at radius 1 is 0.846 bits per heavy atom. The highest BCUT2D eigenvalue weighted by Crippen LogP contribution is 2.40. The molecule has 0 aliphatic rings.